The highest BCUT2D eigenvalue weighted by Gasteiger charge is 2.35. The summed E-state index contributed by atoms with van der Waals surface area (Å²) in [5.41, 5.74) is -1.06. The van der Waals surface area contributed by atoms with Crippen LogP contribution in [0.2, 0.25) is 0 Å². The molecule has 2 atom stereocenters. The van der Waals surface area contributed by atoms with Crippen molar-refractivity contribution in [2.45, 2.75) is 56.3 Å². The number of nitrogens with zero attached hydrogens (tertiary/aromatic N) is 2. The molecule has 2 rings (SSSR count). The van der Waals surface area contributed by atoms with Gasteiger partial charge in [0.15, 0.2) is 0 Å². The van der Waals surface area contributed by atoms with Gasteiger partial charge in [-0.05, 0) is 51.3 Å². The van der Waals surface area contributed by atoms with E-state index >= 15 is 0 Å². The summed E-state index contributed by atoms with van der Waals surface area (Å²) in [5, 5.41) is 0. The first kappa shape index (κ1) is 22.4. The molecule has 0 bridgehead atoms. The summed E-state index contributed by atoms with van der Waals surface area (Å²) >= 11 is 0. The first-order valence-electron chi connectivity index (χ1n) is 9.08. The molecule has 0 N–H and O–H groups in total. The molecule has 0 aliphatic carbocycles. The second-order valence-corrected chi connectivity index (χ2v) is 8.98. The third-order valence-corrected chi connectivity index (χ3v) is 6.73. The third kappa shape index (κ3) is 4.94. The molecule has 1 fully saturated rings. The minimum absolute atomic E-state index is 0.0157. The van der Waals surface area contributed by atoms with Gasteiger partial charge in [-0.25, -0.2) is 8.42 Å². The first-order valence-corrected chi connectivity index (χ1v) is 10.5. The molecule has 1 saturated heterocycles. The number of hydrogen-bond acceptors (Lipinski definition) is 3. The third-order valence-electron chi connectivity index (χ3n) is 4.93. The van der Waals surface area contributed by atoms with Crippen molar-refractivity contribution in [3.8, 4) is 0 Å². The molecule has 9 heteroatoms. The number of halogens is 3. The average Bonchev–Trinajstić information content (AvgIpc) is 2.60. The lowest BCUT2D eigenvalue weighted by atomic mass is 9.97. The van der Waals surface area contributed by atoms with Crippen LogP contribution in [0.25, 0.3) is 0 Å². The predicted molar refractivity (Wildman–Crippen MR) is 100 cm³/mol. The Bertz CT molecular complexity index is 814. The standard InChI is InChI=1S/C19H25F3N2O3S/c1-4-11-23(13-18(25)24-14(2)7-5-8-15(24)3)28(26,27)17-10-6-9-16(12-17)19(20,21)22/h4,6,9-10,12,14-15H,1,5,7-8,11,13H2,2-3H3. The molecular weight excluding hydrogens is 393 g/mol. The summed E-state index contributed by atoms with van der Waals surface area (Å²) in [6.07, 6.45) is -0.703. The minimum Gasteiger partial charge on any atom is -0.336 e. The van der Waals surface area contributed by atoms with Crippen LogP contribution in [-0.4, -0.2) is 48.7 Å². The van der Waals surface area contributed by atoms with Crippen molar-refractivity contribution in [1.82, 2.24) is 9.21 Å². The minimum atomic E-state index is -4.66. The van der Waals surface area contributed by atoms with E-state index in [2.05, 4.69) is 6.58 Å². The molecule has 1 aliphatic heterocycles. The molecule has 0 spiro atoms. The number of benzene rings is 1. The number of alkyl halides is 3. The Kier molecular flexibility index (Phi) is 6.93. The Hall–Kier alpha value is -1.87. The predicted octanol–water partition coefficient (Wildman–Crippen LogP) is 3.67. The van der Waals surface area contributed by atoms with Crippen LogP contribution >= 0.6 is 0 Å². The summed E-state index contributed by atoms with van der Waals surface area (Å²) in [4.78, 5) is 14.0. The summed E-state index contributed by atoms with van der Waals surface area (Å²) in [7, 11) is -4.30. The van der Waals surface area contributed by atoms with Crippen LogP contribution in [-0.2, 0) is 21.0 Å². The SMILES string of the molecule is C=CCN(CC(=O)N1C(C)CCCC1C)S(=O)(=O)c1cccc(C(F)(F)F)c1. The van der Waals surface area contributed by atoms with E-state index in [0.29, 0.717) is 6.07 Å². The smallest absolute Gasteiger partial charge is 0.336 e. The number of piperidine rings is 1. The highest BCUT2D eigenvalue weighted by atomic mass is 32.2. The molecule has 1 aromatic carbocycles. The second-order valence-electron chi connectivity index (χ2n) is 7.04. The number of rotatable bonds is 6. The summed E-state index contributed by atoms with van der Waals surface area (Å²) < 4.78 is 65.6. The van der Waals surface area contributed by atoms with E-state index in [1.165, 1.54) is 6.08 Å². The van der Waals surface area contributed by atoms with E-state index in [4.69, 9.17) is 0 Å². The van der Waals surface area contributed by atoms with E-state index in [1.807, 2.05) is 13.8 Å². The zero-order valence-corrected chi connectivity index (χ0v) is 16.8. The van der Waals surface area contributed by atoms with Crippen molar-refractivity contribution in [3.05, 3.63) is 42.5 Å². The Balaban J connectivity index is 2.32. The van der Waals surface area contributed by atoms with E-state index in [0.717, 1.165) is 41.8 Å². The Morgan fingerprint density at radius 3 is 2.43 bits per heavy atom. The van der Waals surface area contributed by atoms with E-state index < -0.39 is 33.2 Å². The van der Waals surface area contributed by atoms with Crippen molar-refractivity contribution in [2.24, 2.45) is 0 Å². The number of carbonyl (C=O) groups excluding carboxylic acids is 1. The number of hydrogen-bond donors (Lipinski definition) is 0. The normalized spacial score (nSPS) is 21.0. The summed E-state index contributed by atoms with van der Waals surface area (Å²) in [6, 6.07) is 3.49. The lowest BCUT2D eigenvalue weighted by molar-refractivity contribution is -0.138. The fourth-order valence-corrected chi connectivity index (χ4v) is 4.93. The molecule has 156 valence electrons. The van der Waals surface area contributed by atoms with Crippen LogP contribution in [0.3, 0.4) is 0 Å². The number of carbonyl (C=O) groups is 1. The van der Waals surface area contributed by atoms with Gasteiger partial charge in [-0.3, -0.25) is 4.79 Å². The molecule has 1 heterocycles. The zero-order valence-electron chi connectivity index (χ0n) is 15.9. The zero-order chi connectivity index (χ0) is 21.1. The van der Waals surface area contributed by atoms with Gasteiger partial charge in [0, 0.05) is 18.6 Å². The van der Waals surface area contributed by atoms with Gasteiger partial charge in [0.1, 0.15) is 0 Å². The van der Waals surface area contributed by atoms with Gasteiger partial charge in [-0.1, -0.05) is 12.1 Å². The number of likely N-dealkylation sites (tertiary alicyclic amines) is 1. The molecular formula is C19H25F3N2O3S. The molecule has 1 amide bonds. The van der Waals surface area contributed by atoms with E-state index in [9.17, 15) is 26.4 Å². The van der Waals surface area contributed by atoms with E-state index in [-0.39, 0.29) is 24.5 Å². The van der Waals surface area contributed by atoms with Gasteiger partial charge >= 0.3 is 6.18 Å². The highest BCUT2D eigenvalue weighted by Crippen LogP contribution is 2.31. The molecule has 0 aromatic heterocycles. The second kappa shape index (κ2) is 8.65. The maximum atomic E-state index is 13.0. The molecule has 0 saturated carbocycles. The highest BCUT2D eigenvalue weighted by molar-refractivity contribution is 7.89. The monoisotopic (exact) mass is 418 g/mol. The van der Waals surface area contributed by atoms with E-state index in [1.54, 1.807) is 4.90 Å². The fraction of sp³-hybridized carbons (Fsp3) is 0.526. The molecule has 1 aliphatic rings. The largest absolute Gasteiger partial charge is 0.416 e. The van der Waals surface area contributed by atoms with Crippen LogP contribution in [0.1, 0.15) is 38.7 Å². The van der Waals surface area contributed by atoms with Crippen LogP contribution in [0, 0.1) is 0 Å². The maximum absolute atomic E-state index is 13.0. The van der Waals surface area contributed by atoms with Crippen LogP contribution < -0.4 is 0 Å². The van der Waals surface area contributed by atoms with Crippen molar-refractivity contribution >= 4 is 15.9 Å². The maximum Gasteiger partial charge on any atom is 0.416 e. The Labute approximate surface area is 163 Å². The van der Waals surface area contributed by atoms with Gasteiger partial charge in [0.2, 0.25) is 15.9 Å². The molecule has 5 nitrogen and oxygen atoms in total. The number of amides is 1. The summed E-state index contributed by atoms with van der Waals surface area (Å²) in [6.45, 7) is 6.70. The first-order chi connectivity index (χ1) is 13.0. The van der Waals surface area contributed by atoms with Gasteiger partial charge in [0.25, 0.3) is 0 Å². The average molecular weight is 418 g/mol. The van der Waals surface area contributed by atoms with Crippen molar-refractivity contribution in [1.29, 1.82) is 0 Å². The van der Waals surface area contributed by atoms with Crippen LogP contribution in [0.5, 0.6) is 0 Å². The Morgan fingerprint density at radius 2 is 1.89 bits per heavy atom. The molecule has 0 radical (unpaired) electrons. The fourth-order valence-electron chi connectivity index (χ4n) is 3.52. The molecule has 1 aromatic rings. The Morgan fingerprint density at radius 1 is 1.29 bits per heavy atom. The lowest BCUT2D eigenvalue weighted by Crippen LogP contribution is -2.51. The lowest BCUT2D eigenvalue weighted by Gasteiger charge is -2.40. The quantitative estimate of drug-likeness (QED) is 0.663. The van der Waals surface area contributed by atoms with Crippen molar-refractivity contribution in [3.63, 3.8) is 0 Å². The van der Waals surface area contributed by atoms with Crippen molar-refractivity contribution < 1.29 is 26.4 Å². The summed E-state index contributed by atoms with van der Waals surface area (Å²) in [5.74, 6) is -0.364. The van der Waals surface area contributed by atoms with Gasteiger partial charge in [-0.2, -0.15) is 17.5 Å². The van der Waals surface area contributed by atoms with Gasteiger partial charge in [-0.15, -0.1) is 6.58 Å². The van der Waals surface area contributed by atoms with Crippen LogP contribution in [0.15, 0.2) is 41.8 Å². The van der Waals surface area contributed by atoms with Gasteiger partial charge < -0.3 is 4.90 Å². The van der Waals surface area contributed by atoms with Crippen molar-refractivity contribution in [2.75, 3.05) is 13.1 Å². The molecule has 28 heavy (non-hydrogen) atoms. The topological polar surface area (TPSA) is 57.7 Å². The van der Waals surface area contributed by atoms with Gasteiger partial charge in [0.05, 0.1) is 17.0 Å². The van der Waals surface area contributed by atoms with Crippen LogP contribution in [0.4, 0.5) is 13.2 Å². The number of sulfonamides is 1. The molecule has 2 unspecified atom stereocenters.